The lowest BCUT2D eigenvalue weighted by molar-refractivity contribution is 0.590. The standard InChI is InChI=1S/C47H41N5/c1-46(2,3)32-24-20-30(21-25-32)43-48-44(31-22-26-33(27-23-31)47(4,5)6)50-45(49-43)52-40-19-13-11-17-36(40)38-29-28-37-35-16-10-12-18-39(35)51(41(37)42(38)52)34-14-8-7-9-15-34/h7-29H,1-6H3. The Kier molecular flexibility index (Phi) is 7.20. The van der Waals surface area contributed by atoms with E-state index in [1.807, 2.05) is 0 Å². The van der Waals surface area contributed by atoms with Gasteiger partial charge in [-0.15, -0.1) is 0 Å². The molecule has 254 valence electrons. The third kappa shape index (κ3) is 5.19. The van der Waals surface area contributed by atoms with Crippen molar-refractivity contribution in [2.45, 2.75) is 52.4 Å². The molecule has 0 aliphatic carbocycles. The minimum Gasteiger partial charge on any atom is -0.307 e. The minimum absolute atomic E-state index is 0.0360. The van der Waals surface area contributed by atoms with Crippen molar-refractivity contribution in [1.82, 2.24) is 24.1 Å². The van der Waals surface area contributed by atoms with Gasteiger partial charge in [-0.05, 0) is 46.2 Å². The Hall–Kier alpha value is -6.07. The van der Waals surface area contributed by atoms with E-state index in [1.165, 1.54) is 21.9 Å². The van der Waals surface area contributed by atoms with E-state index in [2.05, 4.69) is 190 Å². The molecule has 6 aromatic carbocycles. The molecule has 3 aromatic heterocycles. The van der Waals surface area contributed by atoms with Gasteiger partial charge in [-0.3, -0.25) is 4.57 Å². The molecule has 9 rings (SSSR count). The van der Waals surface area contributed by atoms with Gasteiger partial charge in [-0.1, -0.05) is 157 Å². The van der Waals surface area contributed by atoms with Gasteiger partial charge in [-0.25, -0.2) is 4.98 Å². The number of para-hydroxylation sites is 3. The van der Waals surface area contributed by atoms with Crippen LogP contribution in [-0.4, -0.2) is 24.1 Å². The zero-order chi connectivity index (χ0) is 35.8. The summed E-state index contributed by atoms with van der Waals surface area (Å²) in [5.74, 6) is 1.87. The van der Waals surface area contributed by atoms with Gasteiger partial charge in [0.2, 0.25) is 5.95 Å². The number of aromatic nitrogens is 5. The topological polar surface area (TPSA) is 48.5 Å². The predicted molar refractivity (Wildman–Crippen MR) is 217 cm³/mol. The Bertz CT molecular complexity index is 2700. The van der Waals surface area contributed by atoms with E-state index >= 15 is 0 Å². The summed E-state index contributed by atoms with van der Waals surface area (Å²) in [7, 11) is 0. The van der Waals surface area contributed by atoms with E-state index in [4.69, 9.17) is 15.0 Å². The second-order valence-electron chi connectivity index (χ2n) is 15.8. The molecule has 52 heavy (non-hydrogen) atoms. The van der Waals surface area contributed by atoms with Crippen molar-refractivity contribution in [3.8, 4) is 34.4 Å². The summed E-state index contributed by atoms with van der Waals surface area (Å²) in [6, 6.07) is 49.8. The average Bonchev–Trinajstić information content (AvgIpc) is 3.68. The number of hydrogen-bond donors (Lipinski definition) is 0. The van der Waals surface area contributed by atoms with Crippen molar-refractivity contribution in [1.29, 1.82) is 0 Å². The molecule has 0 amide bonds. The highest BCUT2D eigenvalue weighted by atomic mass is 15.2. The van der Waals surface area contributed by atoms with Crippen LogP contribution in [0.1, 0.15) is 52.7 Å². The van der Waals surface area contributed by atoms with Crippen molar-refractivity contribution in [3.05, 3.63) is 151 Å². The fourth-order valence-corrected chi connectivity index (χ4v) is 7.52. The second-order valence-corrected chi connectivity index (χ2v) is 15.8. The summed E-state index contributed by atoms with van der Waals surface area (Å²) in [6.45, 7) is 13.4. The molecule has 0 atom stereocenters. The molecule has 5 heteroatoms. The number of nitrogens with zero attached hydrogens (tertiary/aromatic N) is 5. The van der Waals surface area contributed by atoms with Crippen LogP contribution in [0.2, 0.25) is 0 Å². The monoisotopic (exact) mass is 675 g/mol. The van der Waals surface area contributed by atoms with Crippen LogP contribution < -0.4 is 0 Å². The van der Waals surface area contributed by atoms with Crippen LogP contribution in [0.5, 0.6) is 0 Å². The minimum atomic E-state index is 0.0360. The van der Waals surface area contributed by atoms with E-state index < -0.39 is 0 Å². The van der Waals surface area contributed by atoms with Crippen LogP contribution in [0.15, 0.2) is 140 Å². The largest absolute Gasteiger partial charge is 0.307 e. The molecule has 3 heterocycles. The molecule has 0 aliphatic heterocycles. The van der Waals surface area contributed by atoms with Crippen molar-refractivity contribution in [2.75, 3.05) is 0 Å². The van der Waals surface area contributed by atoms with Crippen LogP contribution in [-0.2, 0) is 10.8 Å². The highest BCUT2D eigenvalue weighted by Gasteiger charge is 2.24. The van der Waals surface area contributed by atoms with E-state index in [0.717, 1.165) is 49.7 Å². The quantitative estimate of drug-likeness (QED) is 0.187. The normalized spacial score (nSPS) is 12.4. The molecule has 0 aliphatic rings. The Morgan fingerprint density at radius 1 is 0.385 bits per heavy atom. The second kappa shape index (κ2) is 11.7. The third-order valence-corrected chi connectivity index (χ3v) is 10.3. The molecule has 0 unspecified atom stereocenters. The van der Waals surface area contributed by atoms with Crippen LogP contribution in [0, 0.1) is 0 Å². The molecule has 0 spiro atoms. The molecule has 5 nitrogen and oxygen atoms in total. The van der Waals surface area contributed by atoms with Gasteiger partial charge < -0.3 is 4.57 Å². The maximum Gasteiger partial charge on any atom is 0.238 e. The smallest absolute Gasteiger partial charge is 0.238 e. The van der Waals surface area contributed by atoms with Gasteiger partial charge in [0.05, 0.1) is 22.1 Å². The van der Waals surface area contributed by atoms with Crippen LogP contribution in [0.3, 0.4) is 0 Å². The van der Waals surface area contributed by atoms with Crippen molar-refractivity contribution < 1.29 is 0 Å². The van der Waals surface area contributed by atoms with Crippen LogP contribution >= 0.6 is 0 Å². The number of rotatable bonds is 4. The Labute approximate surface area is 304 Å². The lowest BCUT2D eigenvalue weighted by atomic mass is 9.86. The fraction of sp³-hybridized carbons (Fsp3) is 0.170. The van der Waals surface area contributed by atoms with Gasteiger partial charge in [0.25, 0.3) is 0 Å². The zero-order valence-electron chi connectivity index (χ0n) is 30.5. The summed E-state index contributed by atoms with van der Waals surface area (Å²) in [5.41, 5.74) is 10.00. The van der Waals surface area contributed by atoms with Crippen molar-refractivity contribution >= 4 is 43.6 Å². The predicted octanol–water partition coefficient (Wildman–Crippen LogP) is 12.0. The van der Waals surface area contributed by atoms with Gasteiger partial charge in [0.15, 0.2) is 11.6 Å². The number of hydrogen-bond acceptors (Lipinski definition) is 3. The maximum absolute atomic E-state index is 5.32. The summed E-state index contributed by atoms with van der Waals surface area (Å²) in [5, 5.41) is 4.68. The van der Waals surface area contributed by atoms with Gasteiger partial charge in [-0.2, -0.15) is 9.97 Å². The molecule has 0 fully saturated rings. The molecule has 0 saturated heterocycles. The maximum atomic E-state index is 5.32. The lowest BCUT2D eigenvalue weighted by Crippen LogP contribution is -2.11. The van der Waals surface area contributed by atoms with E-state index in [-0.39, 0.29) is 10.8 Å². The highest BCUT2D eigenvalue weighted by Crippen LogP contribution is 2.41. The highest BCUT2D eigenvalue weighted by molar-refractivity contribution is 6.23. The lowest BCUT2D eigenvalue weighted by Gasteiger charge is -2.19. The average molecular weight is 676 g/mol. The molecule has 0 N–H and O–H groups in total. The number of benzene rings is 6. The van der Waals surface area contributed by atoms with Crippen LogP contribution in [0.4, 0.5) is 0 Å². The first-order valence-electron chi connectivity index (χ1n) is 18.1. The van der Waals surface area contributed by atoms with Crippen LogP contribution in [0.25, 0.3) is 78.0 Å². The molecular weight excluding hydrogens is 635 g/mol. The molecule has 0 radical (unpaired) electrons. The summed E-state index contributed by atoms with van der Waals surface area (Å²) < 4.78 is 4.65. The Morgan fingerprint density at radius 3 is 1.29 bits per heavy atom. The summed E-state index contributed by atoms with van der Waals surface area (Å²) in [6.07, 6.45) is 0. The van der Waals surface area contributed by atoms with E-state index in [9.17, 15) is 0 Å². The van der Waals surface area contributed by atoms with Crippen molar-refractivity contribution in [3.63, 3.8) is 0 Å². The van der Waals surface area contributed by atoms with Gasteiger partial charge in [0, 0.05) is 38.4 Å². The zero-order valence-corrected chi connectivity index (χ0v) is 30.5. The fourth-order valence-electron chi connectivity index (χ4n) is 7.52. The first kappa shape index (κ1) is 31.9. The summed E-state index contributed by atoms with van der Waals surface area (Å²) >= 11 is 0. The molecule has 9 aromatic rings. The van der Waals surface area contributed by atoms with E-state index in [1.54, 1.807) is 0 Å². The Morgan fingerprint density at radius 2 is 0.808 bits per heavy atom. The first-order chi connectivity index (χ1) is 25.1. The first-order valence-corrected chi connectivity index (χ1v) is 18.1. The van der Waals surface area contributed by atoms with E-state index in [0.29, 0.717) is 17.6 Å². The summed E-state index contributed by atoms with van der Waals surface area (Å²) in [4.78, 5) is 15.8. The third-order valence-electron chi connectivity index (χ3n) is 10.3. The molecule has 0 bridgehead atoms. The number of fused-ring (bicyclic) bond motifs is 7. The molecule has 0 saturated carbocycles. The molecular formula is C47H41N5. The van der Waals surface area contributed by atoms with Gasteiger partial charge >= 0.3 is 0 Å². The van der Waals surface area contributed by atoms with Crippen molar-refractivity contribution in [2.24, 2.45) is 0 Å². The Balaban J connectivity index is 1.39. The van der Waals surface area contributed by atoms with Gasteiger partial charge in [0.1, 0.15) is 0 Å². The SMILES string of the molecule is CC(C)(C)c1ccc(-c2nc(-c3ccc(C(C)(C)C)cc3)nc(-n3c4ccccc4c4ccc5c6ccccc6n(-c6ccccc6)c5c43)n2)cc1.